The van der Waals surface area contributed by atoms with Crippen LogP contribution in [0.25, 0.3) is 11.3 Å². The van der Waals surface area contributed by atoms with E-state index in [2.05, 4.69) is 20.6 Å². The monoisotopic (exact) mass is 317 g/mol. The van der Waals surface area contributed by atoms with Gasteiger partial charge in [0.15, 0.2) is 5.82 Å². The van der Waals surface area contributed by atoms with Crippen LogP contribution in [-0.2, 0) is 4.79 Å². The zero-order chi connectivity index (χ0) is 16.4. The molecule has 0 radical (unpaired) electrons. The Balaban J connectivity index is 1.79. The van der Waals surface area contributed by atoms with E-state index in [1.165, 1.54) is 16.8 Å². The van der Waals surface area contributed by atoms with Crippen molar-refractivity contribution >= 4 is 11.7 Å². The molecule has 0 bridgehead atoms. The fraction of sp³-hybridized carbons (Fsp3) is 0.133. The van der Waals surface area contributed by atoms with Crippen molar-refractivity contribution in [2.75, 3.05) is 5.32 Å². The molecule has 2 N–H and O–H groups in total. The third kappa shape index (κ3) is 2.96. The number of H-pyrrole nitrogens is 1. The number of hydrogen-bond acceptors (Lipinski definition) is 3. The van der Waals surface area contributed by atoms with Gasteiger partial charge < -0.3 is 5.32 Å². The van der Waals surface area contributed by atoms with E-state index in [1.807, 2.05) is 0 Å². The molecule has 2 aromatic heterocycles. The highest BCUT2D eigenvalue weighted by Gasteiger charge is 2.18. The molecular formula is C15H13F2N5O. The molecule has 2 heterocycles. The van der Waals surface area contributed by atoms with Crippen molar-refractivity contribution in [3.8, 4) is 11.3 Å². The number of aromatic nitrogens is 4. The van der Waals surface area contributed by atoms with Gasteiger partial charge in [0.25, 0.3) is 0 Å². The summed E-state index contributed by atoms with van der Waals surface area (Å²) in [7, 11) is 0. The van der Waals surface area contributed by atoms with Crippen LogP contribution < -0.4 is 5.32 Å². The van der Waals surface area contributed by atoms with Crippen LogP contribution in [0.5, 0.6) is 0 Å². The minimum Gasteiger partial charge on any atom is -0.307 e. The highest BCUT2D eigenvalue weighted by atomic mass is 19.1. The molecule has 0 aliphatic rings. The quantitative estimate of drug-likeness (QED) is 0.777. The lowest BCUT2D eigenvalue weighted by atomic mass is 10.1. The Morgan fingerprint density at radius 3 is 2.70 bits per heavy atom. The number of halogens is 2. The first kappa shape index (κ1) is 14.9. The number of carbonyl (C=O) groups excluding carboxylic acids is 1. The summed E-state index contributed by atoms with van der Waals surface area (Å²) >= 11 is 0. The van der Waals surface area contributed by atoms with E-state index in [1.54, 1.807) is 25.4 Å². The lowest BCUT2D eigenvalue weighted by Crippen LogP contribution is -2.24. The SMILES string of the molecule is C[C@H](C(=O)Nc1cc(-c2c(F)cccc2F)[nH]n1)n1cccn1. The predicted octanol–water partition coefficient (Wildman–Crippen LogP) is 2.75. The predicted molar refractivity (Wildman–Crippen MR) is 79.5 cm³/mol. The summed E-state index contributed by atoms with van der Waals surface area (Å²) in [5.41, 5.74) is -0.0803. The second-order valence-electron chi connectivity index (χ2n) is 4.91. The van der Waals surface area contributed by atoms with Crippen molar-refractivity contribution in [2.24, 2.45) is 0 Å². The number of anilines is 1. The van der Waals surface area contributed by atoms with Crippen LogP contribution in [0.1, 0.15) is 13.0 Å². The van der Waals surface area contributed by atoms with E-state index < -0.39 is 17.7 Å². The van der Waals surface area contributed by atoms with Gasteiger partial charge in [0.1, 0.15) is 17.7 Å². The number of carbonyl (C=O) groups is 1. The summed E-state index contributed by atoms with van der Waals surface area (Å²) < 4.78 is 29.0. The smallest absolute Gasteiger partial charge is 0.250 e. The second kappa shape index (κ2) is 5.99. The number of aromatic amines is 1. The van der Waals surface area contributed by atoms with E-state index in [0.717, 1.165) is 12.1 Å². The van der Waals surface area contributed by atoms with E-state index in [0.29, 0.717) is 0 Å². The third-order valence-electron chi connectivity index (χ3n) is 3.36. The van der Waals surface area contributed by atoms with E-state index in [9.17, 15) is 13.6 Å². The molecule has 0 saturated heterocycles. The van der Waals surface area contributed by atoms with Gasteiger partial charge >= 0.3 is 0 Å². The van der Waals surface area contributed by atoms with Gasteiger partial charge in [0.05, 0.1) is 11.3 Å². The summed E-state index contributed by atoms with van der Waals surface area (Å²) in [5, 5.41) is 12.9. The van der Waals surface area contributed by atoms with Crippen molar-refractivity contribution in [1.82, 2.24) is 20.0 Å². The molecule has 1 atom stereocenters. The number of nitrogens with zero attached hydrogens (tertiary/aromatic N) is 3. The molecule has 3 aromatic rings. The van der Waals surface area contributed by atoms with E-state index >= 15 is 0 Å². The number of hydrogen-bond donors (Lipinski definition) is 2. The average molecular weight is 317 g/mol. The number of nitrogens with one attached hydrogen (secondary N) is 2. The molecule has 1 amide bonds. The summed E-state index contributed by atoms with van der Waals surface area (Å²) in [6.07, 6.45) is 3.23. The van der Waals surface area contributed by atoms with Gasteiger partial charge in [0, 0.05) is 18.5 Å². The van der Waals surface area contributed by atoms with Gasteiger partial charge in [-0.1, -0.05) is 6.07 Å². The van der Waals surface area contributed by atoms with Gasteiger partial charge in [-0.15, -0.1) is 0 Å². The molecule has 0 saturated carbocycles. The van der Waals surface area contributed by atoms with Crippen LogP contribution in [0.2, 0.25) is 0 Å². The Labute approximate surface area is 130 Å². The van der Waals surface area contributed by atoms with Crippen molar-refractivity contribution in [3.05, 3.63) is 54.4 Å². The van der Waals surface area contributed by atoms with Crippen LogP contribution >= 0.6 is 0 Å². The molecule has 0 aliphatic heterocycles. The minimum atomic E-state index is -0.712. The van der Waals surface area contributed by atoms with Crippen molar-refractivity contribution in [1.29, 1.82) is 0 Å². The minimum absolute atomic E-state index is 0.141. The van der Waals surface area contributed by atoms with Crippen molar-refractivity contribution in [3.63, 3.8) is 0 Å². The Bertz CT molecular complexity index is 808. The molecule has 0 aliphatic carbocycles. The van der Waals surface area contributed by atoms with E-state index in [4.69, 9.17) is 0 Å². The molecule has 0 unspecified atom stereocenters. The largest absolute Gasteiger partial charge is 0.307 e. The first-order valence-corrected chi connectivity index (χ1v) is 6.86. The van der Waals surface area contributed by atoms with Crippen molar-refractivity contribution < 1.29 is 13.6 Å². The van der Waals surface area contributed by atoms with Crippen molar-refractivity contribution in [2.45, 2.75) is 13.0 Å². The van der Waals surface area contributed by atoms with Crippen LogP contribution in [0.3, 0.4) is 0 Å². The fourth-order valence-corrected chi connectivity index (χ4v) is 2.13. The maximum absolute atomic E-state index is 13.7. The molecule has 1 aromatic carbocycles. The summed E-state index contributed by atoms with van der Waals surface area (Å²) in [6.45, 7) is 1.67. The number of benzene rings is 1. The highest BCUT2D eigenvalue weighted by molar-refractivity contribution is 5.93. The molecular weight excluding hydrogens is 304 g/mol. The second-order valence-corrected chi connectivity index (χ2v) is 4.91. The highest BCUT2D eigenvalue weighted by Crippen LogP contribution is 2.26. The van der Waals surface area contributed by atoms with Crippen LogP contribution in [0.15, 0.2) is 42.7 Å². The molecule has 0 fully saturated rings. The molecule has 0 spiro atoms. The third-order valence-corrected chi connectivity index (χ3v) is 3.36. The van der Waals surface area contributed by atoms with Crippen LogP contribution in [0.4, 0.5) is 14.6 Å². The standard InChI is InChI=1S/C15H13F2N5O/c1-9(22-7-3-6-18-22)15(23)19-13-8-12(20-21-13)14-10(16)4-2-5-11(14)17/h2-9H,1H3,(H2,19,20,21,23)/t9-/m1/s1. The molecule has 23 heavy (non-hydrogen) atoms. The topological polar surface area (TPSA) is 75.6 Å². The van der Waals surface area contributed by atoms with Gasteiger partial charge in [0.2, 0.25) is 5.91 Å². The Morgan fingerprint density at radius 2 is 2.04 bits per heavy atom. The van der Waals surface area contributed by atoms with E-state index in [-0.39, 0.29) is 23.0 Å². The van der Waals surface area contributed by atoms with Crippen LogP contribution in [0, 0.1) is 11.6 Å². The maximum atomic E-state index is 13.7. The lowest BCUT2D eigenvalue weighted by molar-refractivity contribution is -0.119. The van der Waals surface area contributed by atoms with Gasteiger partial charge in [-0.3, -0.25) is 14.6 Å². The first-order valence-electron chi connectivity index (χ1n) is 6.86. The van der Waals surface area contributed by atoms with Gasteiger partial charge in [-0.25, -0.2) is 8.78 Å². The fourth-order valence-electron chi connectivity index (χ4n) is 2.13. The Hall–Kier alpha value is -3.03. The van der Waals surface area contributed by atoms with Gasteiger partial charge in [-0.2, -0.15) is 10.2 Å². The number of amides is 1. The lowest BCUT2D eigenvalue weighted by Gasteiger charge is -2.10. The van der Waals surface area contributed by atoms with Crippen LogP contribution in [-0.4, -0.2) is 25.9 Å². The zero-order valence-corrected chi connectivity index (χ0v) is 12.1. The number of rotatable bonds is 4. The molecule has 8 heteroatoms. The summed E-state index contributed by atoms with van der Waals surface area (Å²) in [4.78, 5) is 12.1. The Morgan fingerprint density at radius 1 is 1.30 bits per heavy atom. The zero-order valence-electron chi connectivity index (χ0n) is 12.1. The molecule has 6 nitrogen and oxygen atoms in total. The van der Waals surface area contributed by atoms with Gasteiger partial charge in [-0.05, 0) is 25.1 Å². The molecule has 118 valence electrons. The summed E-state index contributed by atoms with van der Waals surface area (Å²) in [6, 6.07) is 6.11. The average Bonchev–Trinajstić information content (AvgIpc) is 3.18. The Kier molecular flexibility index (Phi) is 3.88. The summed E-state index contributed by atoms with van der Waals surface area (Å²) in [5.74, 6) is -1.60. The molecule has 3 rings (SSSR count). The first-order chi connectivity index (χ1) is 11.1. The maximum Gasteiger partial charge on any atom is 0.250 e. The normalized spacial score (nSPS) is 12.1.